The molecule has 4 aromatic rings. The Kier molecular flexibility index (Phi) is 21.9. The molecular formula is C43H60N8O20P2S2. The van der Waals surface area contributed by atoms with Crippen LogP contribution < -0.4 is 31.2 Å². The van der Waals surface area contributed by atoms with Crippen LogP contribution in [0.2, 0.25) is 0 Å². The number of carbonyl (C=O) groups excluding carboxylic acids is 2. The number of nitro groups is 2. The fourth-order valence-electron chi connectivity index (χ4n) is 6.98. The number of anilines is 1. The highest BCUT2D eigenvalue weighted by atomic mass is 32.2. The van der Waals surface area contributed by atoms with Gasteiger partial charge in [0.2, 0.25) is 0 Å². The lowest BCUT2D eigenvalue weighted by molar-refractivity contribution is -0.385. The predicted octanol–water partition coefficient (Wildman–Crippen LogP) is 3.98. The first-order chi connectivity index (χ1) is 35.8. The van der Waals surface area contributed by atoms with Crippen molar-refractivity contribution in [2.24, 2.45) is 5.92 Å². The molecule has 11 atom stereocenters. The number of aliphatic hydroxyl groups is 4. The Hall–Kier alpha value is -5.78. The van der Waals surface area contributed by atoms with Gasteiger partial charge in [-0.1, -0.05) is 14.4 Å². The van der Waals surface area contributed by atoms with E-state index in [0.717, 1.165) is 0 Å². The molecule has 0 radical (unpaired) electrons. The number of hydrogen-bond donors (Lipinski definition) is 6. The van der Waals surface area contributed by atoms with Gasteiger partial charge in [-0.2, -0.15) is 9.97 Å². The minimum atomic E-state index is -3.89. The molecule has 0 bridgehead atoms. The van der Waals surface area contributed by atoms with Crippen molar-refractivity contribution in [3.63, 3.8) is 0 Å². The van der Waals surface area contributed by atoms with E-state index in [1.165, 1.54) is 113 Å². The van der Waals surface area contributed by atoms with E-state index in [1.54, 1.807) is 26.8 Å². The van der Waals surface area contributed by atoms with Gasteiger partial charge in [-0.15, -0.1) is 23.5 Å². The maximum absolute atomic E-state index is 13.4. The Morgan fingerprint density at radius 1 is 0.880 bits per heavy atom. The lowest BCUT2D eigenvalue weighted by atomic mass is 10.1. The van der Waals surface area contributed by atoms with Gasteiger partial charge < -0.3 is 44.7 Å². The summed E-state index contributed by atoms with van der Waals surface area (Å²) < 4.78 is 70.5. The van der Waals surface area contributed by atoms with Crippen molar-refractivity contribution >= 4 is 68.0 Å². The van der Waals surface area contributed by atoms with Gasteiger partial charge in [0.1, 0.15) is 53.0 Å². The van der Waals surface area contributed by atoms with Gasteiger partial charge in [0.05, 0.1) is 52.4 Å². The Morgan fingerprint density at radius 3 is 1.87 bits per heavy atom. The van der Waals surface area contributed by atoms with Crippen LogP contribution >= 0.6 is 38.9 Å². The van der Waals surface area contributed by atoms with Crippen LogP contribution in [0.25, 0.3) is 0 Å². The number of aromatic nitrogens is 4. The smallest absolute Gasteiger partial charge is 0.431 e. The first-order valence-electron chi connectivity index (χ1n) is 23.1. The third-order valence-corrected chi connectivity index (χ3v) is 17.4. The second-order valence-corrected chi connectivity index (χ2v) is 23.1. The van der Waals surface area contributed by atoms with Gasteiger partial charge in [0, 0.05) is 71.1 Å². The average Bonchev–Trinajstić information content (AvgIpc) is 3.83. The standard InChI is InChI=1S/C18H19N2O9P.C14H21N4O7PS.C10H14N2O4S.CH4.H2/c1-13(11-27-14(2)21)12-30(26,28-17-7-3-15(4-8-17)19(22)23)29-18-9-5-16(6-10-18)20(24)25;1-7(5-23-8(2)19)17-26(22)24-6-9-12(25-26)11(20)13(27-9)18-4-3-10(15)16-14(18)21;1-5-2-3-12(10(16)11-5)9-8(15)7(14)6(4-13)17-9;;/h3-10,13H,11-12H2,1-2H3;3-4,7,9,11-13,20H,5-6H2,1-2H3,(H,17,22)(H2,15,16,21);2-3,6-9,13-15H,4H2,1H3;1H4;1H/t13-;7-,9+,11-,12+,13+,26?;6-,7-,8+,9-;;/m001../s1/i;;;;1+1D. The molecular weight excluding hydrogens is 1070 g/mol. The second kappa shape index (κ2) is 27.3. The van der Waals surface area contributed by atoms with Crippen molar-refractivity contribution < 1.29 is 79.5 Å². The number of non-ortho nitro benzene ring substituents is 2. The molecule has 7 N–H and O–H groups in total. The minimum absolute atomic E-state index is 0. The summed E-state index contributed by atoms with van der Waals surface area (Å²) in [6, 6.07) is 12.5. The SMILES string of the molecule is C.CC(=O)OC[C@H](C)CP(=O)(Oc1ccc([N+](=O)[O-])cc1)Oc1ccc([N+](=O)[O-])cc1.CC(=O)OC[C@H](C)NP1(=O)OC[C@H]2S[C@@H](n3ccc(N)nc3=O)[C@@H](O)[C@@H]2O1.Cc1ccn([C@@H]2S[C@H](CO)[C@@H](O)[C@@H]2O)c(=O)n1.[2H][2H]. The zero-order chi connectivity index (χ0) is 56.7. The molecule has 3 saturated heterocycles. The maximum atomic E-state index is 13.4. The third kappa shape index (κ3) is 17.4. The number of nitrogens with two attached hydrogens (primary N) is 1. The molecule has 2 aromatic heterocycles. The molecule has 28 nitrogen and oxygen atoms in total. The number of carbonyl (C=O) groups is 2. The number of aliphatic hydroxyl groups excluding tert-OH is 4. The zero-order valence-corrected chi connectivity index (χ0v) is 43.5. The van der Waals surface area contributed by atoms with Gasteiger partial charge in [-0.05, 0) is 50.2 Å². The number of nitrogens with zero attached hydrogens (tertiary/aromatic N) is 6. The first-order valence-corrected chi connectivity index (χ1v) is 27.3. The number of benzene rings is 2. The maximum Gasteiger partial charge on any atom is 0.431 e. The highest BCUT2D eigenvalue weighted by Crippen LogP contribution is 2.57. The van der Waals surface area contributed by atoms with E-state index in [1.807, 2.05) is 0 Å². The Bertz CT molecular complexity index is 2780. The van der Waals surface area contributed by atoms with E-state index in [4.69, 9.17) is 41.4 Å². The fraction of sp³-hybridized carbons (Fsp3) is 0.488. The normalized spacial score (nSPS) is 24.6. The largest absolute Gasteiger partial charge is 0.466 e. The highest BCUT2D eigenvalue weighted by Gasteiger charge is 2.53. The number of rotatable bonds is 17. The van der Waals surface area contributed by atoms with Gasteiger partial charge in [-0.25, -0.2) is 23.8 Å². The molecule has 0 spiro atoms. The molecule has 3 aliphatic rings. The number of ether oxygens (including phenoxy) is 2. The fourth-order valence-corrected chi connectivity index (χ4v) is 13.7. The van der Waals surface area contributed by atoms with Crippen LogP contribution in [0.5, 0.6) is 11.5 Å². The molecule has 32 heteroatoms. The van der Waals surface area contributed by atoms with E-state index >= 15 is 0 Å². The Morgan fingerprint density at radius 2 is 1.39 bits per heavy atom. The van der Waals surface area contributed by atoms with Gasteiger partial charge in [-0.3, -0.25) is 48.0 Å². The second-order valence-electron chi connectivity index (χ2n) is 16.7. The van der Waals surface area contributed by atoms with Crippen LogP contribution in [-0.4, -0.2) is 135 Å². The number of esters is 2. The number of thioether (sulfide) groups is 2. The molecule has 7 rings (SSSR count). The van der Waals surface area contributed by atoms with E-state index in [0.29, 0.717) is 5.69 Å². The summed E-state index contributed by atoms with van der Waals surface area (Å²) in [4.78, 5) is 73.4. The summed E-state index contributed by atoms with van der Waals surface area (Å²) in [6.45, 7) is 7.34. The molecule has 0 saturated carbocycles. The van der Waals surface area contributed by atoms with Crippen molar-refractivity contribution in [2.75, 3.05) is 38.3 Å². The average molecular weight is 1140 g/mol. The predicted molar refractivity (Wildman–Crippen MR) is 274 cm³/mol. The van der Waals surface area contributed by atoms with Gasteiger partial charge in [0.25, 0.3) is 11.4 Å². The summed E-state index contributed by atoms with van der Waals surface area (Å²) in [5.74, 6) is -1.13. The van der Waals surface area contributed by atoms with E-state index in [9.17, 15) is 63.9 Å². The van der Waals surface area contributed by atoms with Crippen LogP contribution in [0.15, 0.2) is 82.6 Å². The number of hydrogen-bond acceptors (Lipinski definition) is 25. The highest BCUT2D eigenvalue weighted by molar-refractivity contribution is 8.00. The number of nitro benzene ring substituents is 2. The zero-order valence-electron chi connectivity index (χ0n) is 42.0. The van der Waals surface area contributed by atoms with E-state index in [-0.39, 0.29) is 74.0 Å². The number of nitrogen functional groups attached to an aromatic ring is 1. The lowest BCUT2D eigenvalue weighted by Crippen LogP contribution is -2.43. The number of fused-ring (bicyclic) bond motifs is 1. The summed E-state index contributed by atoms with van der Waals surface area (Å²) in [6.07, 6.45) is -1.19. The van der Waals surface area contributed by atoms with Crippen molar-refractivity contribution in [3.05, 3.63) is 120 Å². The molecule has 414 valence electrons. The Labute approximate surface area is 439 Å². The quantitative estimate of drug-likeness (QED) is 0.0377. The van der Waals surface area contributed by atoms with E-state index in [2.05, 4.69) is 15.1 Å². The van der Waals surface area contributed by atoms with Gasteiger partial charge >= 0.3 is 38.7 Å². The Balaban J connectivity index is 0.000000307. The van der Waals surface area contributed by atoms with Crippen LogP contribution in [0.3, 0.4) is 0 Å². The molecule has 3 aliphatic heterocycles. The number of nitrogens with one attached hydrogen (secondary N) is 1. The molecule has 0 amide bonds. The van der Waals surface area contributed by atoms with Crippen molar-refractivity contribution in [1.29, 1.82) is 0 Å². The van der Waals surface area contributed by atoms with E-state index < -0.39 is 101 Å². The topological polar surface area (TPSA) is 399 Å². The van der Waals surface area contributed by atoms with Crippen LogP contribution in [0.4, 0.5) is 17.2 Å². The van der Waals surface area contributed by atoms with Crippen molar-refractivity contribution in [2.45, 2.75) is 93.8 Å². The summed E-state index contributed by atoms with van der Waals surface area (Å²) in [7, 11) is -7.60. The monoisotopic (exact) mass is 1140 g/mol. The van der Waals surface area contributed by atoms with Crippen molar-refractivity contribution in [3.8, 4) is 11.5 Å². The van der Waals surface area contributed by atoms with Crippen LogP contribution in [-0.2, 0) is 37.2 Å². The van der Waals surface area contributed by atoms with Crippen LogP contribution in [0, 0.1) is 33.1 Å². The molecule has 2 aromatic carbocycles. The summed E-state index contributed by atoms with van der Waals surface area (Å²) in [5, 5.41) is 61.3. The minimum Gasteiger partial charge on any atom is -0.466 e. The molecule has 0 aliphatic carbocycles. The summed E-state index contributed by atoms with van der Waals surface area (Å²) >= 11 is 2.45. The number of aryl methyl sites for hydroxylation is 1. The third-order valence-electron chi connectivity index (χ3n) is 10.5. The summed E-state index contributed by atoms with van der Waals surface area (Å²) in [5.41, 5.74) is 4.69. The molecule has 75 heavy (non-hydrogen) atoms. The van der Waals surface area contributed by atoms with Gasteiger partial charge in [0.15, 0.2) is 0 Å². The lowest BCUT2D eigenvalue weighted by Gasteiger charge is -2.33. The molecule has 1 unspecified atom stereocenters. The molecule has 3 fully saturated rings. The first kappa shape index (κ1) is 60.1. The van der Waals surface area contributed by atoms with Crippen molar-refractivity contribution in [1.82, 2.24) is 24.2 Å². The molecule has 5 heterocycles. The van der Waals surface area contributed by atoms with Crippen LogP contribution in [0.1, 0.15) is 54.5 Å².